The van der Waals surface area contributed by atoms with Crippen LogP contribution in [-0.4, -0.2) is 21.8 Å². The largest absolute Gasteiger partial charge is 0.494 e. The average molecular weight is 278 g/mol. The van der Waals surface area contributed by atoms with E-state index >= 15 is 0 Å². The van der Waals surface area contributed by atoms with Crippen LogP contribution in [0.3, 0.4) is 0 Å². The summed E-state index contributed by atoms with van der Waals surface area (Å²) in [5, 5.41) is 10.3. The highest BCUT2D eigenvalue weighted by molar-refractivity contribution is 5.30. The van der Waals surface area contributed by atoms with Gasteiger partial charge in [0.2, 0.25) is 0 Å². The molecule has 1 heterocycles. The van der Waals surface area contributed by atoms with E-state index < -0.39 is 11.9 Å². The van der Waals surface area contributed by atoms with Gasteiger partial charge in [0.1, 0.15) is 0 Å². The Kier molecular flexibility index (Phi) is 4.39. The van der Waals surface area contributed by atoms with Crippen molar-refractivity contribution in [2.24, 2.45) is 0 Å². The fourth-order valence-corrected chi connectivity index (χ4v) is 2.17. The monoisotopic (exact) mass is 278 g/mol. The van der Waals surface area contributed by atoms with Crippen molar-refractivity contribution in [3.63, 3.8) is 0 Å². The van der Waals surface area contributed by atoms with E-state index in [1.165, 1.54) is 13.2 Å². The Morgan fingerprint density at radius 1 is 1.40 bits per heavy atom. The van der Waals surface area contributed by atoms with Crippen LogP contribution in [0, 0.1) is 5.82 Å². The van der Waals surface area contributed by atoms with Crippen LogP contribution in [0.25, 0.3) is 0 Å². The van der Waals surface area contributed by atoms with E-state index in [1.807, 2.05) is 18.4 Å². The zero-order valence-corrected chi connectivity index (χ0v) is 11.9. The van der Waals surface area contributed by atoms with Crippen LogP contribution < -0.4 is 4.74 Å². The van der Waals surface area contributed by atoms with E-state index in [0.29, 0.717) is 12.0 Å². The number of imidazole rings is 1. The lowest BCUT2D eigenvalue weighted by molar-refractivity contribution is 0.167. The van der Waals surface area contributed by atoms with Gasteiger partial charge in [-0.1, -0.05) is 6.07 Å². The third-order valence-corrected chi connectivity index (χ3v) is 3.24. The molecule has 0 spiro atoms. The number of hydrogen-bond acceptors (Lipinski definition) is 3. The van der Waals surface area contributed by atoms with Crippen molar-refractivity contribution in [1.82, 2.24) is 9.55 Å². The van der Waals surface area contributed by atoms with Crippen LogP contribution in [0.15, 0.2) is 30.7 Å². The van der Waals surface area contributed by atoms with E-state index in [4.69, 9.17) is 4.74 Å². The SMILES string of the molecule is COc1ccc(CC(O)c2cncn2C(C)C)cc1F. The summed E-state index contributed by atoms with van der Waals surface area (Å²) in [7, 11) is 1.42. The molecule has 0 amide bonds. The number of methoxy groups -OCH3 is 1. The van der Waals surface area contributed by atoms with Gasteiger partial charge in [0, 0.05) is 12.5 Å². The molecule has 0 fully saturated rings. The number of nitrogens with zero attached hydrogens (tertiary/aromatic N) is 2. The molecular formula is C15H19FN2O2. The fourth-order valence-electron chi connectivity index (χ4n) is 2.17. The highest BCUT2D eigenvalue weighted by atomic mass is 19.1. The first kappa shape index (κ1) is 14.5. The van der Waals surface area contributed by atoms with E-state index in [2.05, 4.69) is 4.98 Å². The predicted octanol–water partition coefficient (Wildman–Crippen LogP) is 2.89. The minimum Gasteiger partial charge on any atom is -0.494 e. The van der Waals surface area contributed by atoms with E-state index in [0.717, 1.165) is 5.69 Å². The first-order valence-electron chi connectivity index (χ1n) is 6.55. The van der Waals surface area contributed by atoms with Crippen LogP contribution in [0.5, 0.6) is 5.75 Å². The molecule has 1 N–H and O–H groups in total. The minimum absolute atomic E-state index is 0.204. The lowest BCUT2D eigenvalue weighted by Crippen LogP contribution is -2.11. The number of aromatic nitrogens is 2. The highest BCUT2D eigenvalue weighted by Gasteiger charge is 2.16. The van der Waals surface area contributed by atoms with E-state index in [9.17, 15) is 9.50 Å². The standard InChI is InChI=1S/C15H19FN2O2/c1-10(2)18-9-17-8-13(18)14(19)7-11-4-5-15(20-3)12(16)6-11/h4-6,8-10,14,19H,7H2,1-3H3. The van der Waals surface area contributed by atoms with Gasteiger partial charge in [0.05, 0.1) is 31.4 Å². The molecule has 108 valence electrons. The Labute approximate surface area is 117 Å². The van der Waals surface area contributed by atoms with Gasteiger partial charge < -0.3 is 14.4 Å². The second-order valence-electron chi connectivity index (χ2n) is 5.01. The molecular weight excluding hydrogens is 259 g/mol. The summed E-state index contributed by atoms with van der Waals surface area (Å²) in [6, 6.07) is 4.92. The number of aliphatic hydroxyl groups is 1. The molecule has 0 radical (unpaired) electrons. The summed E-state index contributed by atoms with van der Waals surface area (Å²) < 4.78 is 20.4. The fraction of sp³-hybridized carbons (Fsp3) is 0.400. The molecule has 1 aromatic heterocycles. The summed E-state index contributed by atoms with van der Waals surface area (Å²) in [6.07, 6.45) is 2.95. The zero-order chi connectivity index (χ0) is 14.7. The Bertz CT molecular complexity index is 581. The van der Waals surface area contributed by atoms with Crippen molar-refractivity contribution in [1.29, 1.82) is 0 Å². The quantitative estimate of drug-likeness (QED) is 0.914. The van der Waals surface area contributed by atoms with Crippen molar-refractivity contribution in [2.75, 3.05) is 7.11 Å². The topological polar surface area (TPSA) is 47.3 Å². The van der Waals surface area contributed by atoms with Crippen molar-refractivity contribution in [3.05, 3.63) is 47.8 Å². The third kappa shape index (κ3) is 2.99. The lowest BCUT2D eigenvalue weighted by Gasteiger charge is -2.16. The van der Waals surface area contributed by atoms with Gasteiger partial charge in [-0.25, -0.2) is 9.37 Å². The molecule has 0 aliphatic carbocycles. The predicted molar refractivity (Wildman–Crippen MR) is 74.2 cm³/mol. The van der Waals surface area contributed by atoms with Gasteiger partial charge in [-0.2, -0.15) is 0 Å². The molecule has 1 unspecified atom stereocenters. The highest BCUT2D eigenvalue weighted by Crippen LogP contribution is 2.24. The van der Waals surface area contributed by atoms with Crippen LogP contribution in [-0.2, 0) is 6.42 Å². The van der Waals surface area contributed by atoms with Gasteiger partial charge >= 0.3 is 0 Å². The van der Waals surface area contributed by atoms with E-state index in [-0.39, 0.29) is 11.8 Å². The second kappa shape index (κ2) is 6.05. The average Bonchev–Trinajstić information content (AvgIpc) is 2.88. The summed E-state index contributed by atoms with van der Waals surface area (Å²) in [4.78, 5) is 4.06. The van der Waals surface area contributed by atoms with Gasteiger partial charge in [-0.15, -0.1) is 0 Å². The summed E-state index contributed by atoms with van der Waals surface area (Å²) in [5.41, 5.74) is 1.45. The third-order valence-electron chi connectivity index (χ3n) is 3.24. The summed E-state index contributed by atoms with van der Waals surface area (Å²) in [6.45, 7) is 4.04. The smallest absolute Gasteiger partial charge is 0.165 e. The maximum absolute atomic E-state index is 13.6. The molecule has 0 aliphatic rings. The molecule has 1 atom stereocenters. The first-order valence-corrected chi connectivity index (χ1v) is 6.55. The number of ether oxygens (including phenoxy) is 1. The molecule has 1 aromatic carbocycles. The molecule has 0 saturated carbocycles. The maximum Gasteiger partial charge on any atom is 0.165 e. The number of halogens is 1. The van der Waals surface area contributed by atoms with Gasteiger partial charge in [-0.3, -0.25) is 0 Å². The van der Waals surface area contributed by atoms with Crippen LogP contribution in [0.1, 0.15) is 37.3 Å². The number of hydrogen-bond donors (Lipinski definition) is 1. The van der Waals surface area contributed by atoms with Crippen molar-refractivity contribution in [2.45, 2.75) is 32.4 Å². The molecule has 0 saturated heterocycles. The second-order valence-corrected chi connectivity index (χ2v) is 5.01. The Balaban J connectivity index is 2.17. The molecule has 2 aromatic rings. The number of benzene rings is 1. The van der Waals surface area contributed by atoms with Crippen LogP contribution >= 0.6 is 0 Å². The van der Waals surface area contributed by atoms with Gasteiger partial charge in [0.15, 0.2) is 11.6 Å². The Hall–Kier alpha value is -1.88. The molecule has 0 bridgehead atoms. The number of aliphatic hydroxyl groups excluding tert-OH is 1. The van der Waals surface area contributed by atoms with Crippen molar-refractivity contribution < 1.29 is 14.2 Å². The maximum atomic E-state index is 13.6. The normalized spacial score (nSPS) is 12.7. The minimum atomic E-state index is -0.715. The summed E-state index contributed by atoms with van der Waals surface area (Å²) in [5.74, 6) is -0.218. The Morgan fingerprint density at radius 2 is 2.15 bits per heavy atom. The van der Waals surface area contributed by atoms with E-state index in [1.54, 1.807) is 24.7 Å². The van der Waals surface area contributed by atoms with Crippen LogP contribution in [0.4, 0.5) is 4.39 Å². The Morgan fingerprint density at radius 3 is 2.75 bits per heavy atom. The van der Waals surface area contributed by atoms with Crippen LogP contribution in [0.2, 0.25) is 0 Å². The summed E-state index contributed by atoms with van der Waals surface area (Å²) >= 11 is 0. The molecule has 4 nitrogen and oxygen atoms in total. The lowest BCUT2D eigenvalue weighted by atomic mass is 10.1. The van der Waals surface area contributed by atoms with Crippen molar-refractivity contribution in [3.8, 4) is 5.75 Å². The zero-order valence-electron chi connectivity index (χ0n) is 11.9. The number of rotatable bonds is 5. The van der Waals surface area contributed by atoms with Gasteiger partial charge in [-0.05, 0) is 31.5 Å². The molecule has 20 heavy (non-hydrogen) atoms. The van der Waals surface area contributed by atoms with Gasteiger partial charge in [0.25, 0.3) is 0 Å². The molecule has 2 rings (SSSR count). The molecule has 5 heteroatoms. The van der Waals surface area contributed by atoms with Crippen molar-refractivity contribution >= 4 is 0 Å². The first-order chi connectivity index (χ1) is 9.52. The molecule has 0 aliphatic heterocycles.